The maximum absolute atomic E-state index is 4.56. The number of rotatable bonds is 4. The molecule has 18 heavy (non-hydrogen) atoms. The molecule has 1 N–H and O–H groups in total. The molecule has 2 aromatic rings. The first-order valence-electron chi connectivity index (χ1n) is 6.25. The summed E-state index contributed by atoms with van der Waals surface area (Å²) in [6.07, 6.45) is 4.39. The number of hydrogen-bond donors (Lipinski definition) is 1. The van der Waals surface area contributed by atoms with E-state index < -0.39 is 0 Å². The summed E-state index contributed by atoms with van der Waals surface area (Å²) in [5.41, 5.74) is 2.15. The van der Waals surface area contributed by atoms with Crippen LogP contribution in [-0.2, 0) is 6.42 Å². The van der Waals surface area contributed by atoms with Gasteiger partial charge in [0.05, 0.1) is 5.69 Å². The molecule has 0 saturated heterocycles. The molecule has 5 nitrogen and oxygen atoms in total. The van der Waals surface area contributed by atoms with Gasteiger partial charge in [0.1, 0.15) is 12.1 Å². The van der Waals surface area contributed by atoms with Crippen molar-refractivity contribution in [1.29, 1.82) is 0 Å². The Morgan fingerprint density at radius 3 is 2.67 bits per heavy atom. The molecule has 0 aliphatic rings. The maximum atomic E-state index is 4.56. The largest absolute Gasteiger partial charge is 0.373 e. The Hall–Kier alpha value is -1.91. The summed E-state index contributed by atoms with van der Waals surface area (Å²) in [6, 6.07) is 2.03. The number of nitrogens with one attached hydrogen (secondary N) is 1. The fourth-order valence-corrected chi connectivity index (χ4v) is 1.91. The van der Waals surface area contributed by atoms with Crippen LogP contribution in [0.3, 0.4) is 0 Å². The van der Waals surface area contributed by atoms with E-state index in [4.69, 9.17) is 0 Å². The van der Waals surface area contributed by atoms with E-state index in [-0.39, 0.29) is 0 Å². The molecule has 0 radical (unpaired) electrons. The third-order valence-corrected chi connectivity index (χ3v) is 2.93. The number of anilines is 1. The summed E-state index contributed by atoms with van der Waals surface area (Å²) in [6.45, 7) is 6.36. The minimum Gasteiger partial charge on any atom is -0.373 e. The normalized spacial score (nSPS) is 10.9. The van der Waals surface area contributed by atoms with Gasteiger partial charge < -0.3 is 5.32 Å². The molecule has 0 atom stereocenters. The number of nitrogens with zero attached hydrogens (tertiary/aromatic N) is 4. The second-order valence-electron chi connectivity index (χ2n) is 4.47. The van der Waals surface area contributed by atoms with E-state index in [1.165, 1.54) is 0 Å². The lowest BCUT2D eigenvalue weighted by molar-refractivity contribution is 0.749. The summed E-state index contributed by atoms with van der Waals surface area (Å²) >= 11 is 0. The highest BCUT2D eigenvalue weighted by Crippen LogP contribution is 2.20. The maximum Gasteiger partial charge on any atom is 0.161 e. The van der Waals surface area contributed by atoms with Crippen LogP contribution in [-0.4, -0.2) is 26.8 Å². The quantitative estimate of drug-likeness (QED) is 0.898. The second-order valence-corrected chi connectivity index (χ2v) is 4.47. The van der Waals surface area contributed by atoms with Gasteiger partial charge in [-0.3, -0.25) is 0 Å². The fourth-order valence-electron chi connectivity index (χ4n) is 1.91. The molecule has 0 bridgehead atoms. The highest BCUT2D eigenvalue weighted by Gasteiger charge is 2.12. The predicted octanol–water partition coefficient (Wildman–Crippen LogP) is 2.39. The van der Waals surface area contributed by atoms with Gasteiger partial charge in [-0.2, -0.15) is 5.10 Å². The van der Waals surface area contributed by atoms with E-state index in [0.29, 0.717) is 5.92 Å². The van der Waals surface area contributed by atoms with Crippen LogP contribution in [0.5, 0.6) is 0 Å². The van der Waals surface area contributed by atoms with Crippen LogP contribution in [0.2, 0.25) is 0 Å². The lowest BCUT2D eigenvalue weighted by Gasteiger charge is -2.10. The molecule has 2 heterocycles. The van der Waals surface area contributed by atoms with Crippen molar-refractivity contribution >= 4 is 5.82 Å². The van der Waals surface area contributed by atoms with Crippen molar-refractivity contribution in [3.05, 3.63) is 29.8 Å². The van der Waals surface area contributed by atoms with Crippen molar-refractivity contribution in [3.8, 4) is 5.82 Å². The van der Waals surface area contributed by atoms with E-state index in [0.717, 1.165) is 29.3 Å². The van der Waals surface area contributed by atoms with Crippen molar-refractivity contribution in [3.63, 3.8) is 0 Å². The molecule has 0 fully saturated rings. The highest BCUT2D eigenvalue weighted by atomic mass is 15.3. The van der Waals surface area contributed by atoms with Crippen molar-refractivity contribution in [2.24, 2.45) is 0 Å². The Kier molecular flexibility index (Phi) is 3.60. The third kappa shape index (κ3) is 2.20. The Labute approximate surface area is 107 Å². The summed E-state index contributed by atoms with van der Waals surface area (Å²) < 4.78 is 1.83. The summed E-state index contributed by atoms with van der Waals surface area (Å²) in [5.74, 6) is 2.13. The minimum absolute atomic E-state index is 0.418. The molecule has 0 saturated carbocycles. The molecule has 0 aromatic carbocycles. The third-order valence-electron chi connectivity index (χ3n) is 2.93. The van der Waals surface area contributed by atoms with E-state index in [1.54, 1.807) is 6.33 Å². The van der Waals surface area contributed by atoms with Gasteiger partial charge in [0.15, 0.2) is 5.82 Å². The molecule has 0 aliphatic heterocycles. The van der Waals surface area contributed by atoms with Gasteiger partial charge in [-0.05, 0) is 18.4 Å². The second kappa shape index (κ2) is 5.16. The van der Waals surface area contributed by atoms with Crippen molar-refractivity contribution in [2.45, 2.75) is 33.1 Å². The zero-order valence-corrected chi connectivity index (χ0v) is 11.3. The summed E-state index contributed by atoms with van der Waals surface area (Å²) in [5, 5.41) is 7.66. The molecule has 5 heteroatoms. The van der Waals surface area contributed by atoms with Gasteiger partial charge in [-0.15, -0.1) is 0 Å². The summed E-state index contributed by atoms with van der Waals surface area (Å²) in [4.78, 5) is 8.58. The minimum atomic E-state index is 0.418. The SMILES string of the molecule is CCc1c(NC)ncnc1-n1ccc(C(C)C)n1. The standard InChI is InChI=1S/C13H19N5/c1-5-10-12(14-4)15-8-16-13(10)18-7-6-11(17-18)9(2)3/h6-9H,5H2,1-4H3,(H,14,15,16). The molecule has 96 valence electrons. The van der Waals surface area contributed by atoms with Crippen LogP contribution in [0.25, 0.3) is 5.82 Å². The van der Waals surface area contributed by atoms with Crippen LogP contribution in [0.1, 0.15) is 37.9 Å². The Morgan fingerprint density at radius 2 is 2.11 bits per heavy atom. The Balaban J connectivity index is 2.49. The molecule has 2 aromatic heterocycles. The van der Waals surface area contributed by atoms with E-state index in [9.17, 15) is 0 Å². The van der Waals surface area contributed by atoms with Gasteiger partial charge in [0, 0.05) is 18.8 Å². The van der Waals surface area contributed by atoms with Crippen molar-refractivity contribution in [1.82, 2.24) is 19.7 Å². The van der Waals surface area contributed by atoms with Gasteiger partial charge in [-0.25, -0.2) is 14.6 Å². The Morgan fingerprint density at radius 1 is 1.33 bits per heavy atom. The van der Waals surface area contributed by atoms with Gasteiger partial charge >= 0.3 is 0 Å². The van der Waals surface area contributed by atoms with Gasteiger partial charge in [0.25, 0.3) is 0 Å². The van der Waals surface area contributed by atoms with E-state index in [2.05, 4.69) is 41.2 Å². The first-order chi connectivity index (χ1) is 8.67. The van der Waals surface area contributed by atoms with Crippen molar-refractivity contribution in [2.75, 3.05) is 12.4 Å². The first kappa shape index (κ1) is 12.5. The lowest BCUT2D eigenvalue weighted by atomic mass is 10.1. The van der Waals surface area contributed by atoms with E-state index in [1.807, 2.05) is 24.0 Å². The number of aromatic nitrogens is 4. The molecule has 0 spiro atoms. The monoisotopic (exact) mass is 245 g/mol. The van der Waals surface area contributed by atoms with Gasteiger partial charge in [0.2, 0.25) is 0 Å². The molecule has 0 unspecified atom stereocenters. The van der Waals surface area contributed by atoms with Crippen LogP contribution in [0.4, 0.5) is 5.82 Å². The molecular weight excluding hydrogens is 226 g/mol. The highest BCUT2D eigenvalue weighted by molar-refractivity contribution is 5.51. The topological polar surface area (TPSA) is 55.6 Å². The smallest absolute Gasteiger partial charge is 0.161 e. The van der Waals surface area contributed by atoms with Gasteiger partial charge in [-0.1, -0.05) is 20.8 Å². The van der Waals surface area contributed by atoms with Crippen LogP contribution in [0, 0.1) is 0 Å². The number of hydrogen-bond acceptors (Lipinski definition) is 4. The summed E-state index contributed by atoms with van der Waals surface area (Å²) in [7, 11) is 1.87. The van der Waals surface area contributed by atoms with Crippen LogP contribution in [0.15, 0.2) is 18.6 Å². The molecule has 0 amide bonds. The molecule has 0 aliphatic carbocycles. The molecule has 2 rings (SSSR count). The van der Waals surface area contributed by atoms with Crippen LogP contribution >= 0.6 is 0 Å². The van der Waals surface area contributed by atoms with Crippen LogP contribution < -0.4 is 5.32 Å². The first-order valence-corrected chi connectivity index (χ1v) is 6.25. The average molecular weight is 245 g/mol. The van der Waals surface area contributed by atoms with Crippen molar-refractivity contribution < 1.29 is 0 Å². The Bertz CT molecular complexity index is 530. The average Bonchev–Trinajstić information content (AvgIpc) is 2.87. The fraction of sp³-hybridized carbons (Fsp3) is 0.462. The lowest BCUT2D eigenvalue weighted by Crippen LogP contribution is -2.08. The van der Waals surface area contributed by atoms with E-state index >= 15 is 0 Å². The predicted molar refractivity (Wildman–Crippen MR) is 72.2 cm³/mol. The zero-order valence-electron chi connectivity index (χ0n) is 11.3. The molecular formula is C13H19N5. The zero-order chi connectivity index (χ0) is 13.1.